The largest absolute Gasteiger partial charge is 2.00 e. The van der Waals surface area contributed by atoms with Crippen molar-refractivity contribution in [3.8, 4) is 39.1 Å². The van der Waals surface area contributed by atoms with E-state index in [1.165, 1.54) is 10.1 Å². The molecule has 0 bridgehead atoms. The summed E-state index contributed by atoms with van der Waals surface area (Å²) in [6.45, 7) is 0. The Morgan fingerprint density at radius 1 is 0.700 bits per heavy atom. The van der Waals surface area contributed by atoms with E-state index in [1.807, 2.05) is 42.5 Å². The van der Waals surface area contributed by atoms with Crippen LogP contribution in [0, 0.1) is 12.1 Å². The molecule has 4 aromatic heterocycles. The van der Waals surface area contributed by atoms with Gasteiger partial charge >= 0.3 is 21.1 Å². The van der Waals surface area contributed by atoms with Crippen LogP contribution in [0.3, 0.4) is 0 Å². The third-order valence-electron chi connectivity index (χ3n) is 6.80. The summed E-state index contributed by atoms with van der Waals surface area (Å²) in [6, 6.07) is 40.3. The minimum atomic E-state index is 0. The number of para-hydroxylation sites is 2. The molecule has 0 spiro atoms. The van der Waals surface area contributed by atoms with Gasteiger partial charge in [-0.2, -0.15) is 11.3 Å². The first-order valence-corrected chi connectivity index (χ1v) is 13.3. The van der Waals surface area contributed by atoms with Gasteiger partial charge in [-0.25, -0.2) is 4.98 Å². The summed E-state index contributed by atoms with van der Waals surface area (Å²) in [5, 5.41) is 3.26. The first-order valence-electron chi connectivity index (χ1n) is 12.5. The van der Waals surface area contributed by atoms with Crippen LogP contribution in [0.5, 0.6) is 0 Å². The van der Waals surface area contributed by atoms with Crippen molar-refractivity contribution in [1.29, 1.82) is 0 Å². The molecule has 0 radical (unpaired) electrons. The topological polar surface area (TPSA) is 56.7 Å². The summed E-state index contributed by atoms with van der Waals surface area (Å²) in [6.07, 6.45) is 3.18. The fraction of sp³-hybridized carbons (Fsp3) is 0. The molecular weight excluding hydrogens is 696 g/mol. The molecule has 0 saturated heterocycles. The molecule has 0 saturated carbocycles. The van der Waals surface area contributed by atoms with Crippen LogP contribution in [0.25, 0.3) is 71.1 Å². The number of hydrogen-bond acceptors (Lipinski definition) is 5. The van der Waals surface area contributed by atoms with Crippen molar-refractivity contribution < 1.29 is 25.5 Å². The molecule has 0 aliphatic carbocycles. The Morgan fingerprint density at radius 3 is 2.45 bits per heavy atom. The van der Waals surface area contributed by atoms with Gasteiger partial charge in [0.15, 0.2) is 0 Å². The van der Waals surface area contributed by atoms with Crippen molar-refractivity contribution in [2.24, 2.45) is 0 Å². The predicted molar refractivity (Wildman–Crippen MR) is 156 cm³/mol. The quantitative estimate of drug-likeness (QED) is 0.172. The Bertz CT molecular complexity index is 2110. The number of pyridine rings is 1. The van der Waals surface area contributed by atoms with Crippen molar-refractivity contribution >= 4 is 43.4 Å². The average molecular weight is 714 g/mol. The average Bonchev–Trinajstić information content (AvgIpc) is 3.75. The van der Waals surface area contributed by atoms with Gasteiger partial charge in [0.05, 0.1) is 11.7 Å². The number of benzene rings is 4. The minimum Gasteiger partial charge on any atom is -0.443 e. The normalized spacial score (nSPS) is 11.3. The Labute approximate surface area is 248 Å². The van der Waals surface area contributed by atoms with Gasteiger partial charge in [-0.3, -0.25) is 9.97 Å². The number of nitrogens with zero attached hydrogens (tertiary/aromatic N) is 4. The van der Waals surface area contributed by atoms with Gasteiger partial charge in [0.2, 0.25) is 5.89 Å². The molecule has 4 heterocycles. The smallest absolute Gasteiger partial charge is 0.443 e. The standard InChI is InChI=1S/C33H18N4OS.Pt/c1-3-13-29-24(9-1)25-16-15-22(33-36-27-10-2-4-14-31(27)39-33)20-30(25)37(29)23-8-5-7-21(19-23)26-11-6-12-28(35-26)32-34-17-18-38-32;/h1-18H;/q-2;+2. The van der Waals surface area contributed by atoms with Gasteiger partial charge in [0.1, 0.15) is 12.0 Å². The molecule has 0 aliphatic heterocycles. The monoisotopic (exact) mass is 713 g/mol. The van der Waals surface area contributed by atoms with Gasteiger partial charge in [-0.15, -0.1) is 53.6 Å². The van der Waals surface area contributed by atoms with Crippen molar-refractivity contribution in [1.82, 2.24) is 19.5 Å². The molecule has 7 heteroatoms. The van der Waals surface area contributed by atoms with Crippen molar-refractivity contribution in [2.45, 2.75) is 0 Å². The Kier molecular flexibility index (Phi) is 6.15. The number of hydrogen-bond donors (Lipinski definition) is 0. The molecule has 0 fully saturated rings. The summed E-state index contributed by atoms with van der Waals surface area (Å²) in [5.74, 6) is 0.493. The fourth-order valence-corrected chi connectivity index (χ4v) is 5.99. The predicted octanol–water partition coefficient (Wildman–Crippen LogP) is 8.38. The van der Waals surface area contributed by atoms with E-state index >= 15 is 0 Å². The molecule has 5 nitrogen and oxygen atoms in total. The zero-order valence-electron chi connectivity index (χ0n) is 20.8. The molecule has 0 aliphatic rings. The molecule has 192 valence electrons. The van der Waals surface area contributed by atoms with E-state index in [0.29, 0.717) is 11.6 Å². The summed E-state index contributed by atoms with van der Waals surface area (Å²) < 4.78 is 8.85. The van der Waals surface area contributed by atoms with Crippen molar-refractivity contribution in [2.75, 3.05) is 0 Å². The van der Waals surface area contributed by atoms with E-state index < -0.39 is 0 Å². The van der Waals surface area contributed by atoms with Crippen LogP contribution in [-0.2, 0) is 21.1 Å². The molecular formula is C33H18N4OPtS. The van der Waals surface area contributed by atoms with Crippen LogP contribution in [0.15, 0.2) is 114 Å². The van der Waals surface area contributed by atoms with Crippen LogP contribution >= 0.6 is 11.3 Å². The van der Waals surface area contributed by atoms with E-state index in [1.54, 1.807) is 23.8 Å². The Hall–Kier alpha value is -4.38. The molecule has 0 amide bonds. The zero-order chi connectivity index (χ0) is 25.8. The van der Waals surface area contributed by atoms with Crippen LogP contribution in [0.4, 0.5) is 0 Å². The van der Waals surface area contributed by atoms with E-state index in [-0.39, 0.29) is 21.1 Å². The number of thiazole rings is 1. The second kappa shape index (κ2) is 9.98. The van der Waals surface area contributed by atoms with Crippen molar-refractivity contribution in [3.63, 3.8) is 0 Å². The van der Waals surface area contributed by atoms with E-state index in [9.17, 15) is 0 Å². The Balaban J connectivity index is 0.00000264. The number of rotatable bonds is 4. The van der Waals surface area contributed by atoms with Gasteiger partial charge in [-0.05, 0) is 46.5 Å². The van der Waals surface area contributed by atoms with E-state index in [0.717, 1.165) is 49.5 Å². The second-order valence-electron chi connectivity index (χ2n) is 9.17. The minimum absolute atomic E-state index is 0. The zero-order valence-corrected chi connectivity index (χ0v) is 23.9. The molecule has 8 rings (SSSR count). The third kappa shape index (κ3) is 4.08. The number of aromatic nitrogens is 4. The van der Waals surface area contributed by atoms with E-state index in [2.05, 4.69) is 76.3 Å². The first-order chi connectivity index (χ1) is 19.3. The fourth-order valence-electron chi connectivity index (χ4n) is 5.05. The number of oxazole rings is 1. The van der Waals surface area contributed by atoms with Crippen LogP contribution in [0.1, 0.15) is 0 Å². The molecule has 0 N–H and O–H groups in total. The first kappa shape index (κ1) is 24.6. The van der Waals surface area contributed by atoms with Crippen LogP contribution in [0.2, 0.25) is 0 Å². The maximum absolute atomic E-state index is 5.46. The molecule has 40 heavy (non-hydrogen) atoms. The molecule has 0 unspecified atom stereocenters. The summed E-state index contributed by atoms with van der Waals surface area (Å²) in [5.41, 5.74) is 7.35. The SMILES string of the molecule is [Pt+2].[c-]1c(-c2cccc(-c3ncco3)n2)cccc1-n1c2[c-]c(-c3nc4ccccc4s3)ccc2c2ccccc21. The van der Waals surface area contributed by atoms with Crippen LogP contribution in [-0.4, -0.2) is 19.5 Å². The molecule has 4 aromatic carbocycles. The maximum Gasteiger partial charge on any atom is 2.00 e. The Morgan fingerprint density at radius 2 is 1.55 bits per heavy atom. The van der Waals surface area contributed by atoms with Crippen LogP contribution < -0.4 is 0 Å². The van der Waals surface area contributed by atoms with Gasteiger partial charge in [-0.1, -0.05) is 47.9 Å². The number of fused-ring (bicyclic) bond motifs is 4. The summed E-state index contributed by atoms with van der Waals surface area (Å²) in [4.78, 5) is 13.9. The van der Waals surface area contributed by atoms with Gasteiger partial charge < -0.3 is 8.98 Å². The second-order valence-corrected chi connectivity index (χ2v) is 10.2. The maximum atomic E-state index is 5.46. The van der Waals surface area contributed by atoms with Gasteiger partial charge in [0.25, 0.3) is 0 Å². The summed E-state index contributed by atoms with van der Waals surface area (Å²) >= 11 is 1.69. The third-order valence-corrected chi connectivity index (χ3v) is 7.87. The van der Waals surface area contributed by atoms with E-state index in [4.69, 9.17) is 14.4 Å². The summed E-state index contributed by atoms with van der Waals surface area (Å²) in [7, 11) is 0. The van der Waals surface area contributed by atoms with Gasteiger partial charge in [0, 0.05) is 15.2 Å². The van der Waals surface area contributed by atoms with Crippen molar-refractivity contribution in [3.05, 3.63) is 122 Å². The molecule has 8 aromatic rings. The molecule has 0 atom stereocenters.